The zero-order chi connectivity index (χ0) is 27.9. The van der Waals surface area contributed by atoms with Crippen LogP contribution in [-0.4, -0.2) is 39.5 Å². The summed E-state index contributed by atoms with van der Waals surface area (Å²) >= 11 is 12.0. The van der Waals surface area contributed by atoms with Crippen LogP contribution in [0.4, 0.5) is 0 Å². The van der Waals surface area contributed by atoms with Crippen LogP contribution >= 0.6 is 25.2 Å². The Morgan fingerprint density at radius 2 is 1.08 bits per heavy atom. The molecule has 0 spiro atoms. The fourth-order valence-electron chi connectivity index (χ4n) is 2.92. The predicted molar refractivity (Wildman–Crippen MR) is 156 cm³/mol. The van der Waals surface area contributed by atoms with E-state index in [1.165, 1.54) is 28.4 Å². The third-order valence-electron chi connectivity index (χ3n) is 4.84. The van der Waals surface area contributed by atoms with Gasteiger partial charge in [-0.1, -0.05) is 38.5 Å². The van der Waals surface area contributed by atoms with E-state index in [9.17, 15) is 4.79 Å². The Kier molecular flexibility index (Phi) is 16.2. The molecular weight excluding hydrogens is 574 g/mol. The van der Waals surface area contributed by atoms with Gasteiger partial charge in [0.15, 0.2) is 0 Å². The Bertz CT molecular complexity index is 944. The van der Waals surface area contributed by atoms with Gasteiger partial charge in [0.1, 0.15) is 11.5 Å². The molecule has 13 heteroatoms. The van der Waals surface area contributed by atoms with Crippen molar-refractivity contribution >= 4 is 54.8 Å². The summed E-state index contributed by atoms with van der Waals surface area (Å²) in [7, 11) is 5.89. The van der Waals surface area contributed by atoms with Crippen molar-refractivity contribution in [3.8, 4) is 11.5 Å². The minimum absolute atomic E-state index is 0.102. The number of carboxylic acid groups (broad SMARTS) is 1. The van der Waals surface area contributed by atoms with Crippen molar-refractivity contribution < 1.29 is 37.0 Å². The SMILES string of the molecule is CCCC(CCC)C(=O)O.COP(=S)(OC)Oc1ccc(Sc2ccc(OP(=S)(OC)OC)cc2)cc1. The van der Waals surface area contributed by atoms with Gasteiger partial charge in [0.2, 0.25) is 0 Å². The van der Waals surface area contributed by atoms with Crippen LogP contribution in [0, 0.1) is 5.92 Å². The number of carbonyl (C=O) groups is 1. The summed E-state index contributed by atoms with van der Waals surface area (Å²) in [5.41, 5.74) is 0. The van der Waals surface area contributed by atoms with Crippen molar-refractivity contribution in [3.05, 3.63) is 48.5 Å². The molecular formula is C24H36O8P2S3. The first-order valence-electron chi connectivity index (χ1n) is 11.5. The second kappa shape index (κ2) is 17.6. The second-order valence-electron chi connectivity index (χ2n) is 7.46. The Hall–Kier alpha value is -1.00. The van der Waals surface area contributed by atoms with Gasteiger partial charge in [0, 0.05) is 61.8 Å². The summed E-state index contributed by atoms with van der Waals surface area (Å²) < 4.78 is 31.7. The molecule has 1 N–H and O–H groups in total. The summed E-state index contributed by atoms with van der Waals surface area (Å²) in [5, 5.41) is 8.64. The highest BCUT2D eigenvalue weighted by atomic mass is 32.5. The van der Waals surface area contributed by atoms with Crippen molar-refractivity contribution in [1.82, 2.24) is 0 Å². The topological polar surface area (TPSA) is 92.7 Å². The number of benzene rings is 2. The number of carboxylic acids is 1. The van der Waals surface area contributed by atoms with E-state index in [1.54, 1.807) is 11.8 Å². The van der Waals surface area contributed by atoms with Gasteiger partial charge in [-0.25, -0.2) is 0 Å². The maximum Gasteiger partial charge on any atom is 0.380 e. The lowest BCUT2D eigenvalue weighted by molar-refractivity contribution is -0.142. The van der Waals surface area contributed by atoms with Gasteiger partial charge in [-0.05, 0) is 61.4 Å². The standard InChI is InChI=1S/C16H20O6P2S3.C8H16O2/c1-17-23(25,18-2)21-13-5-9-15(10-6-13)27-16-11-7-14(8-12-16)22-24(26,19-3)20-4;1-3-5-7(6-4-2)8(9)10/h5-12H,1-4H3;7H,3-6H2,1-2H3,(H,9,10). The van der Waals surface area contributed by atoms with Gasteiger partial charge in [0.25, 0.3) is 0 Å². The molecule has 0 aromatic heterocycles. The molecule has 2 rings (SSSR count). The fourth-order valence-corrected chi connectivity index (χ4v) is 5.61. The molecule has 0 saturated carbocycles. The molecule has 37 heavy (non-hydrogen) atoms. The molecule has 0 radical (unpaired) electrons. The van der Waals surface area contributed by atoms with Crippen LogP contribution in [0.25, 0.3) is 0 Å². The molecule has 0 aliphatic heterocycles. The lowest BCUT2D eigenvalue weighted by atomic mass is 9.99. The number of aliphatic carboxylic acids is 1. The zero-order valence-electron chi connectivity index (χ0n) is 21.9. The first kappa shape index (κ1) is 34.0. The van der Waals surface area contributed by atoms with Gasteiger partial charge in [0.05, 0.1) is 5.92 Å². The molecule has 0 atom stereocenters. The van der Waals surface area contributed by atoms with Crippen molar-refractivity contribution in [3.63, 3.8) is 0 Å². The summed E-state index contributed by atoms with van der Waals surface area (Å²) in [6, 6.07) is 15.0. The summed E-state index contributed by atoms with van der Waals surface area (Å²) in [6.07, 6.45) is 3.58. The van der Waals surface area contributed by atoms with Gasteiger partial charge in [-0.3, -0.25) is 4.79 Å². The Morgan fingerprint density at radius 1 is 0.757 bits per heavy atom. The highest BCUT2D eigenvalue weighted by Gasteiger charge is 2.19. The summed E-state index contributed by atoms with van der Waals surface area (Å²) in [4.78, 5) is 12.6. The van der Waals surface area contributed by atoms with Crippen LogP contribution < -0.4 is 9.05 Å². The quantitative estimate of drug-likeness (QED) is 0.199. The van der Waals surface area contributed by atoms with Gasteiger partial charge in [-0.2, -0.15) is 0 Å². The van der Waals surface area contributed by atoms with E-state index < -0.39 is 19.4 Å². The summed E-state index contributed by atoms with van der Waals surface area (Å²) in [6.45, 7) is -1.41. The molecule has 0 saturated heterocycles. The Balaban J connectivity index is 0.000000580. The molecule has 2 aromatic carbocycles. The zero-order valence-corrected chi connectivity index (χ0v) is 26.2. The molecule has 0 amide bonds. The van der Waals surface area contributed by atoms with Gasteiger partial charge < -0.3 is 32.2 Å². The average molecular weight is 611 g/mol. The van der Waals surface area contributed by atoms with E-state index in [0.717, 1.165) is 35.5 Å². The second-order valence-corrected chi connectivity index (χ2v) is 14.9. The minimum atomic E-state index is -2.73. The maximum absolute atomic E-state index is 10.5. The van der Waals surface area contributed by atoms with Crippen LogP contribution in [0.1, 0.15) is 39.5 Å². The number of rotatable bonds is 15. The normalized spacial score (nSPS) is 11.5. The third-order valence-corrected chi connectivity index (χ3v) is 10.7. The fraction of sp³-hybridized carbons (Fsp3) is 0.458. The largest absolute Gasteiger partial charge is 0.481 e. The van der Waals surface area contributed by atoms with Crippen LogP contribution in [0.2, 0.25) is 0 Å². The minimum Gasteiger partial charge on any atom is -0.481 e. The lowest BCUT2D eigenvalue weighted by Crippen LogP contribution is -2.12. The first-order chi connectivity index (χ1) is 17.6. The summed E-state index contributed by atoms with van der Waals surface area (Å²) in [5.74, 6) is 0.457. The maximum atomic E-state index is 10.5. The third kappa shape index (κ3) is 12.6. The van der Waals surface area contributed by atoms with Gasteiger partial charge in [-0.15, -0.1) is 0 Å². The molecule has 0 aliphatic carbocycles. The Morgan fingerprint density at radius 3 is 1.32 bits per heavy atom. The van der Waals surface area contributed by atoms with Crippen LogP contribution in [0.3, 0.4) is 0 Å². The highest BCUT2D eigenvalue weighted by molar-refractivity contribution is 8.08. The molecule has 208 valence electrons. The molecule has 0 aliphatic rings. The smallest absolute Gasteiger partial charge is 0.380 e. The van der Waals surface area contributed by atoms with E-state index in [-0.39, 0.29) is 5.92 Å². The van der Waals surface area contributed by atoms with Crippen molar-refractivity contribution in [1.29, 1.82) is 0 Å². The molecule has 0 fully saturated rings. The van der Waals surface area contributed by atoms with E-state index >= 15 is 0 Å². The van der Waals surface area contributed by atoms with E-state index in [1.807, 2.05) is 62.4 Å². The molecule has 0 bridgehead atoms. The van der Waals surface area contributed by atoms with Crippen LogP contribution in [0.15, 0.2) is 58.3 Å². The average Bonchev–Trinajstić information content (AvgIpc) is 2.91. The van der Waals surface area contributed by atoms with E-state index in [0.29, 0.717) is 11.5 Å². The van der Waals surface area contributed by atoms with Crippen LogP contribution in [-0.2, 0) is 46.5 Å². The molecule has 8 nitrogen and oxygen atoms in total. The molecule has 0 heterocycles. The van der Waals surface area contributed by atoms with E-state index in [2.05, 4.69) is 0 Å². The van der Waals surface area contributed by atoms with Crippen molar-refractivity contribution in [2.75, 3.05) is 28.4 Å². The number of hydrogen-bond donors (Lipinski definition) is 1. The Labute approximate surface area is 234 Å². The molecule has 0 unspecified atom stereocenters. The van der Waals surface area contributed by atoms with Gasteiger partial charge >= 0.3 is 19.4 Å². The number of hydrogen-bond acceptors (Lipinski definition) is 10. The van der Waals surface area contributed by atoms with Crippen LogP contribution in [0.5, 0.6) is 11.5 Å². The van der Waals surface area contributed by atoms with Crippen molar-refractivity contribution in [2.45, 2.75) is 49.3 Å². The first-order valence-corrected chi connectivity index (χ1v) is 17.4. The predicted octanol–water partition coefficient (Wildman–Crippen LogP) is 7.92. The molecule has 2 aromatic rings. The highest BCUT2D eigenvalue weighted by Crippen LogP contribution is 2.49. The monoisotopic (exact) mass is 610 g/mol. The lowest BCUT2D eigenvalue weighted by Gasteiger charge is -2.18. The van der Waals surface area contributed by atoms with E-state index in [4.69, 9.17) is 55.9 Å². The van der Waals surface area contributed by atoms with Crippen molar-refractivity contribution in [2.24, 2.45) is 5.92 Å².